The van der Waals surface area contributed by atoms with Gasteiger partial charge < -0.3 is 0 Å². The summed E-state index contributed by atoms with van der Waals surface area (Å²) >= 11 is 7.47. The van der Waals surface area contributed by atoms with Gasteiger partial charge in [-0.25, -0.2) is 4.98 Å². The van der Waals surface area contributed by atoms with Crippen molar-refractivity contribution in [3.63, 3.8) is 0 Å². The highest BCUT2D eigenvalue weighted by Gasteiger charge is 2.21. The lowest BCUT2D eigenvalue weighted by Crippen LogP contribution is -2.35. The smallest absolute Gasteiger partial charge is 0.110 e. The first-order valence-electron chi connectivity index (χ1n) is 5.69. The molecule has 2 unspecified atom stereocenters. The minimum absolute atomic E-state index is 0.361. The summed E-state index contributed by atoms with van der Waals surface area (Å²) in [5.74, 6) is 1.16. The molecule has 1 aromatic rings. The van der Waals surface area contributed by atoms with Crippen LogP contribution in [0.4, 0.5) is 0 Å². The van der Waals surface area contributed by atoms with Gasteiger partial charge in [0.2, 0.25) is 0 Å². The fourth-order valence-electron chi connectivity index (χ4n) is 1.57. The van der Waals surface area contributed by atoms with E-state index in [1.54, 1.807) is 11.3 Å². The lowest BCUT2D eigenvalue weighted by atomic mass is 10.0. The Hall–Kier alpha value is -0.120. The van der Waals surface area contributed by atoms with Gasteiger partial charge in [-0.15, -0.1) is 22.9 Å². The third kappa shape index (κ3) is 3.19. The molecule has 0 saturated heterocycles. The quantitative estimate of drug-likeness (QED) is 0.746. The molecule has 0 fully saturated rings. The number of hydrogen-bond acceptors (Lipinski definition) is 3. The van der Waals surface area contributed by atoms with Gasteiger partial charge in [-0.05, 0) is 26.8 Å². The first-order chi connectivity index (χ1) is 7.47. The Morgan fingerprint density at radius 1 is 1.38 bits per heavy atom. The summed E-state index contributed by atoms with van der Waals surface area (Å²) in [5.41, 5.74) is 0.985. The van der Waals surface area contributed by atoms with Crippen LogP contribution in [0.5, 0.6) is 0 Å². The molecule has 0 saturated carbocycles. The summed E-state index contributed by atoms with van der Waals surface area (Å²) in [6, 6.07) is 0.915. The maximum Gasteiger partial charge on any atom is 0.110 e. The second-order valence-electron chi connectivity index (χ2n) is 4.64. The summed E-state index contributed by atoms with van der Waals surface area (Å²) in [6.45, 7) is 8.97. The van der Waals surface area contributed by atoms with E-state index in [1.807, 2.05) is 5.38 Å². The third-order valence-electron chi connectivity index (χ3n) is 3.28. The molecule has 1 rings (SSSR count). The van der Waals surface area contributed by atoms with Gasteiger partial charge in [-0.3, -0.25) is 4.90 Å². The van der Waals surface area contributed by atoms with Crippen LogP contribution in [-0.4, -0.2) is 23.0 Å². The lowest BCUT2D eigenvalue weighted by molar-refractivity contribution is 0.158. The summed E-state index contributed by atoms with van der Waals surface area (Å²) in [5, 5.41) is 3.21. The van der Waals surface area contributed by atoms with E-state index in [-0.39, 0.29) is 0 Å². The van der Waals surface area contributed by atoms with E-state index >= 15 is 0 Å². The van der Waals surface area contributed by atoms with Crippen molar-refractivity contribution in [2.24, 2.45) is 5.92 Å². The first kappa shape index (κ1) is 13.9. The summed E-state index contributed by atoms with van der Waals surface area (Å²) < 4.78 is 0. The summed E-state index contributed by atoms with van der Waals surface area (Å²) in [7, 11) is 2.16. The normalized spacial score (nSPS) is 15.8. The van der Waals surface area contributed by atoms with E-state index in [2.05, 4.69) is 44.6 Å². The van der Waals surface area contributed by atoms with Crippen LogP contribution < -0.4 is 0 Å². The molecule has 2 atom stereocenters. The largest absolute Gasteiger partial charge is 0.294 e. The first-order valence-corrected chi connectivity index (χ1v) is 7.11. The van der Waals surface area contributed by atoms with E-state index in [0.29, 0.717) is 23.9 Å². The molecular weight excluding hydrogens is 240 g/mol. The molecule has 0 radical (unpaired) electrons. The zero-order valence-corrected chi connectivity index (χ0v) is 12.3. The van der Waals surface area contributed by atoms with Crippen LogP contribution in [0.15, 0.2) is 5.38 Å². The van der Waals surface area contributed by atoms with Gasteiger partial charge in [0.15, 0.2) is 0 Å². The molecule has 0 aliphatic carbocycles. The number of rotatable bonds is 5. The van der Waals surface area contributed by atoms with E-state index < -0.39 is 0 Å². The van der Waals surface area contributed by atoms with Crippen LogP contribution in [0.2, 0.25) is 0 Å². The topological polar surface area (TPSA) is 16.1 Å². The third-order valence-corrected chi connectivity index (χ3v) is 4.62. The Bertz CT molecular complexity index is 325. The molecule has 4 heteroatoms. The van der Waals surface area contributed by atoms with Crippen molar-refractivity contribution in [3.8, 4) is 0 Å². The van der Waals surface area contributed by atoms with Crippen molar-refractivity contribution >= 4 is 22.9 Å². The Morgan fingerprint density at radius 2 is 2.00 bits per heavy atom. The Labute approximate surface area is 108 Å². The molecule has 16 heavy (non-hydrogen) atoms. The van der Waals surface area contributed by atoms with Crippen molar-refractivity contribution in [2.75, 3.05) is 7.05 Å². The van der Waals surface area contributed by atoms with Crippen molar-refractivity contribution in [2.45, 2.75) is 45.7 Å². The predicted molar refractivity (Wildman–Crippen MR) is 72.1 cm³/mol. The number of hydrogen-bond donors (Lipinski definition) is 0. The molecule has 0 aliphatic heterocycles. The fraction of sp³-hybridized carbons (Fsp3) is 0.750. The standard InChI is InChI=1S/C12H21ClN2S/c1-8(2)9(3)15(5)10(4)12-14-11(6-13)7-16-12/h7-10H,6H2,1-5H3. The van der Waals surface area contributed by atoms with Crippen LogP contribution in [0.1, 0.15) is 44.4 Å². The predicted octanol–water partition coefficient (Wildman–Crippen LogP) is 3.92. The fourth-order valence-corrected chi connectivity index (χ4v) is 2.73. The SMILES string of the molecule is CC(C)C(C)N(C)C(C)c1nc(CCl)cs1. The van der Waals surface area contributed by atoms with Gasteiger partial charge in [-0.1, -0.05) is 13.8 Å². The van der Waals surface area contributed by atoms with Crippen LogP contribution >= 0.6 is 22.9 Å². The maximum absolute atomic E-state index is 5.77. The highest BCUT2D eigenvalue weighted by atomic mass is 35.5. The van der Waals surface area contributed by atoms with Crippen molar-refractivity contribution < 1.29 is 0 Å². The zero-order chi connectivity index (χ0) is 12.3. The van der Waals surface area contributed by atoms with E-state index in [4.69, 9.17) is 11.6 Å². The van der Waals surface area contributed by atoms with Gasteiger partial charge in [0.05, 0.1) is 17.6 Å². The molecule has 1 aromatic heterocycles. The van der Waals surface area contributed by atoms with E-state index in [1.165, 1.54) is 0 Å². The monoisotopic (exact) mass is 260 g/mol. The molecule has 2 nitrogen and oxygen atoms in total. The van der Waals surface area contributed by atoms with Gasteiger partial charge in [0.1, 0.15) is 5.01 Å². The average molecular weight is 261 g/mol. The lowest BCUT2D eigenvalue weighted by Gasteiger charge is -2.32. The van der Waals surface area contributed by atoms with Crippen LogP contribution in [0.3, 0.4) is 0 Å². The number of halogens is 1. The van der Waals surface area contributed by atoms with Crippen molar-refractivity contribution in [3.05, 3.63) is 16.1 Å². The molecule has 0 bridgehead atoms. The average Bonchev–Trinajstić information content (AvgIpc) is 2.74. The minimum atomic E-state index is 0.361. The molecule has 0 N–H and O–H groups in total. The number of nitrogens with zero attached hydrogens (tertiary/aromatic N) is 2. The second kappa shape index (κ2) is 5.99. The maximum atomic E-state index is 5.77. The molecule has 0 aromatic carbocycles. The Balaban J connectivity index is 2.73. The number of alkyl halides is 1. The van der Waals surface area contributed by atoms with Crippen molar-refractivity contribution in [1.29, 1.82) is 0 Å². The molecule has 92 valence electrons. The van der Waals surface area contributed by atoms with Gasteiger partial charge >= 0.3 is 0 Å². The van der Waals surface area contributed by atoms with Gasteiger partial charge in [-0.2, -0.15) is 0 Å². The summed E-state index contributed by atoms with van der Waals surface area (Å²) in [6.07, 6.45) is 0. The van der Waals surface area contributed by atoms with Gasteiger partial charge in [0, 0.05) is 11.4 Å². The van der Waals surface area contributed by atoms with Crippen LogP contribution in [0, 0.1) is 5.92 Å². The second-order valence-corrected chi connectivity index (χ2v) is 5.79. The van der Waals surface area contributed by atoms with E-state index in [9.17, 15) is 0 Å². The van der Waals surface area contributed by atoms with Crippen molar-refractivity contribution in [1.82, 2.24) is 9.88 Å². The Kier molecular flexibility index (Phi) is 5.22. The molecule has 0 aliphatic rings. The number of aromatic nitrogens is 1. The van der Waals surface area contributed by atoms with Crippen LogP contribution in [0.25, 0.3) is 0 Å². The summed E-state index contributed by atoms with van der Waals surface area (Å²) in [4.78, 5) is 6.91. The number of thiazole rings is 1. The molecule has 0 amide bonds. The zero-order valence-electron chi connectivity index (χ0n) is 10.7. The van der Waals surface area contributed by atoms with E-state index in [0.717, 1.165) is 10.7 Å². The molecule has 1 heterocycles. The Morgan fingerprint density at radius 3 is 2.44 bits per heavy atom. The molecule has 0 spiro atoms. The van der Waals surface area contributed by atoms with Crippen LogP contribution in [-0.2, 0) is 5.88 Å². The highest BCUT2D eigenvalue weighted by Crippen LogP contribution is 2.26. The molecular formula is C12H21ClN2S. The van der Waals surface area contributed by atoms with Gasteiger partial charge in [0.25, 0.3) is 0 Å². The highest BCUT2D eigenvalue weighted by molar-refractivity contribution is 7.09. The minimum Gasteiger partial charge on any atom is -0.294 e.